The third kappa shape index (κ3) is 4.19. The SMILES string of the molecule is Cc1cc(C)nc(N2CCCC3(CCN(C(=O)c4c(F)cccc4-n4nccn4)CC3)C2)n1. The fourth-order valence-corrected chi connectivity index (χ4v) is 5.21. The Morgan fingerprint density at radius 2 is 1.70 bits per heavy atom. The van der Waals surface area contributed by atoms with Gasteiger partial charge in [0.25, 0.3) is 5.91 Å². The van der Waals surface area contributed by atoms with E-state index in [1.807, 2.05) is 19.9 Å². The number of hydrogen-bond donors (Lipinski definition) is 0. The summed E-state index contributed by atoms with van der Waals surface area (Å²) in [5.74, 6) is -0.0562. The number of halogens is 1. The molecule has 2 aliphatic heterocycles. The van der Waals surface area contributed by atoms with Crippen molar-refractivity contribution in [3.8, 4) is 5.69 Å². The number of aryl methyl sites for hydroxylation is 2. The molecule has 0 N–H and O–H groups in total. The maximum Gasteiger partial charge on any atom is 0.259 e. The molecule has 0 bridgehead atoms. The van der Waals surface area contributed by atoms with Crippen LogP contribution in [0.5, 0.6) is 0 Å². The summed E-state index contributed by atoms with van der Waals surface area (Å²) < 4.78 is 14.8. The minimum atomic E-state index is -0.550. The first-order chi connectivity index (χ1) is 15.9. The van der Waals surface area contributed by atoms with Crippen LogP contribution in [0, 0.1) is 25.1 Å². The fourth-order valence-electron chi connectivity index (χ4n) is 5.21. The zero-order valence-electron chi connectivity index (χ0n) is 19.0. The summed E-state index contributed by atoms with van der Waals surface area (Å²) in [5, 5.41) is 8.17. The molecule has 0 atom stereocenters. The van der Waals surface area contributed by atoms with E-state index in [1.165, 1.54) is 23.3 Å². The highest BCUT2D eigenvalue weighted by molar-refractivity contribution is 5.98. The van der Waals surface area contributed by atoms with E-state index in [0.717, 1.165) is 56.1 Å². The Hall–Kier alpha value is -3.36. The van der Waals surface area contributed by atoms with E-state index in [0.29, 0.717) is 18.8 Å². The molecule has 172 valence electrons. The Balaban J connectivity index is 1.32. The number of carbonyl (C=O) groups excluding carboxylic acids is 1. The number of anilines is 1. The summed E-state index contributed by atoms with van der Waals surface area (Å²) in [6.07, 6.45) is 6.98. The third-order valence-electron chi connectivity index (χ3n) is 6.87. The Labute approximate surface area is 192 Å². The van der Waals surface area contributed by atoms with Gasteiger partial charge >= 0.3 is 0 Å². The summed E-state index contributed by atoms with van der Waals surface area (Å²) >= 11 is 0. The minimum Gasteiger partial charge on any atom is -0.340 e. The smallest absolute Gasteiger partial charge is 0.259 e. The van der Waals surface area contributed by atoms with Crippen molar-refractivity contribution in [2.24, 2.45) is 5.41 Å². The first kappa shape index (κ1) is 21.5. The quantitative estimate of drug-likeness (QED) is 0.610. The van der Waals surface area contributed by atoms with Crippen LogP contribution in [0.3, 0.4) is 0 Å². The van der Waals surface area contributed by atoms with Crippen LogP contribution in [0.4, 0.5) is 10.3 Å². The lowest BCUT2D eigenvalue weighted by Gasteiger charge is -2.47. The average Bonchev–Trinajstić information content (AvgIpc) is 3.33. The number of piperidine rings is 2. The number of likely N-dealkylation sites (tertiary alicyclic amines) is 1. The zero-order valence-corrected chi connectivity index (χ0v) is 19.0. The molecule has 1 spiro atoms. The van der Waals surface area contributed by atoms with Crippen LogP contribution in [-0.4, -0.2) is 61.9 Å². The number of carbonyl (C=O) groups is 1. The van der Waals surface area contributed by atoms with Crippen LogP contribution in [0.1, 0.15) is 47.4 Å². The van der Waals surface area contributed by atoms with Crippen molar-refractivity contribution in [1.29, 1.82) is 0 Å². The maximum atomic E-state index is 14.8. The van der Waals surface area contributed by atoms with Crippen LogP contribution in [0.25, 0.3) is 5.69 Å². The van der Waals surface area contributed by atoms with E-state index in [9.17, 15) is 9.18 Å². The van der Waals surface area contributed by atoms with Gasteiger partial charge in [-0.05, 0) is 63.1 Å². The summed E-state index contributed by atoms with van der Waals surface area (Å²) in [6, 6.07) is 6.55. The molecule has 33 heavy (non-hydrogen) atoms. The van der Waals surface area contributed by atoms with Gasteiger partial charge in [-0.1, -0.05) is 6.07 Å². The van der Waals surface area contributed by atoms with Crippen LogP contribution in [0.15, 0.2) is 36.7 Å². The minimum absolute atomic E-state index is 0.0264. The Morgan fingerprint density at radius 1 is 1.00 bits per heavy atom. The molecular formula is C24H28FN7O. The highest BCUT2D eigenvalue weighted by atomic mass is 19.1. The summed E-state index contributed by atoms with van der Waals surface area (Å²) in [7, 11) is 0. The van der Waals surface area contributed by atoms with Crippen molar-refractivity contribution in [2.45, 2.75) is 39.5 Å². The van der Waals surface area contributed by atoms with Gasteiger partial charge < -0.3 is 9.80 Å². The molecule has 9 heteroatoms. The van der Waals surface area contributed by atoms with Crippen LogP contribution in [-0.2, 0) is 0 Å². The molecular weight excluding hydrogens is 421 g/mol. The second-order valence-corrected chi connectivity index (χ2v) is 9.22. The van der Waals surface area contributed by atoms with Gasteiger partial charge in [-0.15, -0.1) is 0 Å². The average molecular weight is 450 g/mol. The van der Waals surface area contributed by atoms with Crippen LogP contribution < -0.4 is 4.90 Å². The predicted molar refractivity (Wildman–Crippen MR) is 122 cm³/mol. The van der Waals surface area contributed by atoms with E-state index in [4.69, 9.17) is 0 Å². The Morgan fingerprint density at radius 3 is 2.39 bits per heavy atom. The number of aromatic nitrogens is 5. The van der Waals surface area contributed by atoms with E-state index in [1.54, 1.807) is 17.0 Å². The lowest BCUT2D eigenvalue weighted by atomic mass is 9.72. The van der Waals surface area contributed by atoms with Crippen LogP contribution >= 0.6 is 0 Å². The molecule has 2 fully saturated rings. The molecule has 1 aromatic carbocycles. The highest BCUT2D eigenvalue weighted by Crippen LogP contribution is 2.41. The molecule has 1 amide bonds. The summed E-state index contributed by atoms with van der Waals surface area (Å²) in [5.41, 5.74) is 2.46. The summed E-state index contributed by atoms with van der Waals surface area (Å²) in [6.45, 7) is 7.03. The van der Waals surface area contributed by atoms with Crippen molar-refractivity contribution in [3.05, 3.63) is 59.4 Å². The molecule has 0 saturated carbocycles. The zero-order chi connectivity index (χ0) is 23.0. The Bertz CT molecular complexity index is 1140. The molecule has 2 aliphatic rings. The highest BCUT2D eigenvalue weighted by Gasteiger charge is 2.40. The molecule has 3 aromatic rings. The van der Waals surface area contributed by atoms with Gasteiger partial charge in [0, 0.05) is 37.6 Å². The molecule has 8 nitrogen and oxygen atoms in total. The predicted octanol–water partition coefficient (Wildman–Crippen LogP) is 3.34. The second kappa shape index (κ2) is 8.53. The third-order valence-corrected chi connectivity index (χ3v) is 6.87. The fraction of sp³-hybridized carbons (Fsp3) is 0.458. The van der Waals surface area contributed by atoms with Gasteiger partial charge in [-0.3, -0.25) is 4.79 Å². The standard InChI is InChI=1S/C24H28FN7O/c1-17-15-18(2)29-23(28-17)31-12-4-7-24(16-31)8-13-30(14-9-24)22(33)21-19(25)5-3-6-20(21)32-26-10-11-27-32/h3,5-6,10-11,15H,4,7-9,12-14,16H2,1-2H3. The summed E-state index contributed by atoms with van der Waals surface area (Å²) in [4.78, 5) is 28.0. The molecule has 2 saturated heterocycles. The van der Waals surface area contributed by atoms with Gasteiger partial charge in [0.05, 0.1) is 12.4 Å². The van der Waals surface area contributed by atoms with Crippen molar-refractivity contribution in [2.75, 3.05) is 31.1 Å². The van der Waals surface area contributed by atoms with E-state index in [2.05, 4.69) is 25.1 Å². The van der Waals surface area contributed by atoms with Gasteiger partial charge in [0.1, 0.15) is 17.1 Å². The lowest BCUT2D eigenvalue weighted by Crippen LogP contribution is -2.51. The topological polar surface area (TPSA) is 80.0 Å². The number of benzene rings is 1. The normalized spacial score (nSPS) is 18.0. The molecule has 0 aliphatic carbocycles. The van der Waals surface area contributed by atoms with Crippen molar-refractivity contribution < 1.29 is 9.18 Å². The number of rotatable bonds is 3. The Kier molecular flexibility index (Phi) is 5.55. The molecule has 2 aromatic heterocycles. The number of hydrogen-bond acceptors (Lipinski definition) is 6. The maximum absolute atomic E-state index is 14.8. The van der Waals surface area contributed by atoms with Gasteiger partial charge in [-0.2, -0.15) is 15.0 Å². The number of amides is 1. The van der Waals surface area contributed by atoms with Crippen molar-refractivity contribution in [3.63, 3.8) is 0 Å². The largest absolute Gasteiger partial charge is 0.340 e. The van der Waals surface area contributed by atoms with E-state index < -0.39 is 5.82 Å². The lowest BCUT2D eigenvalue weighted by molar-refractivity contribution is 0.0535. The number of nitrogens with zero attached hydrogens (tertiary/aromatic N) is 7. The van der Waals surface area contributed by atoms with Gasteiger partial charge in [0.15, 0.2) is 0 Å². The molecule has 4 heterocycles. The van der Waals surface area contributed by atoms with Crippen molar-refractivity contribution >= 4 is 11.9 Å². The van der Waals surface area contributed by atoms with E-state index in [-0.39, 0.29) is 16.9 Å². The second-order valence-electron chi connectivity index (χ2n) is 9.22. The van der Waals surface area contributed by atoms with Gasteiger partial charge in [-0.25, -0.2) is 14.4 Å². The molecule has 0 radical (unpaired) electrons. The molecule has 0 unspecified atom stereocenters. The monoisotopic (exact) mass is 449 g/mol. The van der Waals surface area contributed by atoms with Crippen molar-refractivity contribution in [1.82, 2.24) is 29.9 Å². The first-order valence-corrected chi connectivity index (χ1v) is 11.5. The first-order valence-electron chi connectivity index (χ1n) is 11.5. The van der Waals surface area contributed by atoms with E-state index >= 15 is 0 Å². The molecule has 5 rings (SSSR count). The van der Waals surface area contributed by atoms with Crippen LogP contribution in [0.2, 0.25) is 0 Å². The van der Waals surface area contributed by atoms with Gasteiger partial charge in [0.2, 0.25) is 5.95 Å².